The van der Waals surface area contributed by atoms with Crippen LogP contribution in [-0.2, 0) is 4.79 Å². The van der Waals surface area contributed by atoms with Crippen LogP contribution in [0.2, 0.25) is 0 Å². The molecule has 0 bridgehead atoms. The van der Waals surface area contributed by atoms with Gasteiger partial charge in [0, 0.05) is 17.8 Å². The number of likely N-dealkylation sites (tertiary alicyclic amines) is 1. The maximum absolute atomic E-state index is 12.4. The molecule has 6 heteroatoms. The molecule has 2 fully saturated rings. The van der Waals surface area contributed by atoms with Gasteiger partial charge in [0.25, 0.3) is 0 Å². The van der Waals surface area contributed by atoms with Crippen LogP contribution >= 0.6 is 11.8 Å². The lowest BCUT2D eigenvalue weighted by molar-refractivity contribution is -0.145. The second kappa shape index (κ2) is 6.70. The van der Waals surface area contributed by atoms with E-state index in [-0.39, 0.29) is 18.0 Å². The van der Waals surface area contributed by atoms with E-state index in [1.54, 1.807) is 0 Å². The molecule has 114 valence electrons. The first-order valence-corrected chi connectivity index (χ1v) is 8.64. The molecule has 2 aliphatic rings. The highest BCUT2D eigenvalue weighted by molar-refractivity contribution is 7.99. The second-order valence-electron chi connectivity index (χ2n) is 5.91. The van der Waals surface area contributed by atoms with Gasteiger partial charge in [-0.1, -0.05) is 6.92 Å². The van der Waals surface area contributed by atoms with Crippen LogP contribution < -0.4 is 5.32 Å². The summed E-state index contributed by atoms with van der Waals surface area (Å²) in [6.07, 6.45) is 6.98. The fraction of sp³-hybridized carbons (Fsp3) is 0.857. The van der Waals surface area contributed by atoms with Crippen LogP contribution in [0.25, 0.3) is 0 Å². The molecule has 0 spiro atoms. The summed E-state index contributed by atoms with van der Waals surface area (Å²) in [7, 11) is 0. The van der Waals surface area contributed by atoms with Crippen molar-refractivity contribution in [2.24, 2.45) is 5.92 Å². The van der Waals surface area contributed by atoms with Gasteiger partial charge in [-0.25, -0.2) is 9.59 Å². The van der Waals surface area contributed by atoms with Gasteiger partial charge in [-0.05, 0) is 44.3 Å². The van der Waals surface area contributed by atoms with Crippen molar-refractivity contribution >= 4 is 23.8 Å². The average Bonchev–Trinajstić information content (AvgIpc) is 2.85. The van der Waals surface area contributed by atoms with Crippen molar-refractivity contribution in [3.63, 3.8) is 0 Å². The predicted octanol–water partition coefficient (Wildman–Crippen LogP) is 2.17. The number of carboxylic acids is 1. The smallest absolute Gasteiger partial charge is 0.326 e. The minimum absolute atomic E-state index is 0.0227. The molecule has 0 aromatic carbocycles. The van der Waals surface area contributed by atoms with Gasteiger partial charge in [0.2, 0.25) is 0 Å². The molecular weight excluding hydrogens is 276 g/mol. The molecule has 0 aromatic rings. The fourth-order valence-electron chi connectivity index (χ4n) is 3.34. The number of rotatable bonds is 3. The van der Waals surface area contributed by atoms with Crippen molar-refractivity contribution in [1.29, 1.82) is 0 Å². The van der Waals surface area contributed by atoms with Crippen molar-refractivity contribution in [2.45, 2.75) is 56.4 Å². The molecule has 2 N–H and O–H groups in total. The minimum Gasteiger partial charge on any atom is -0.480 e. The van der Waals surface area contributed by atoms with Gasteiger partial charge in [-0.2, -0.15) is 11.8 Å². The molecule has 1 saturated carbocycles. The number of carbonyl (C=O) groups is 2. The van der Waals surface area contributed by atoms with Gasteiger partial charge in [-0.3, -0.25) is 0 Å². The van der Waals surface area contributed by atoms with Crippen LogP contribution in [0.5, 0.6) is 0 Å². The number of piperidine rings is 1. The topological polar surface area (TPSA) is 69.6 Å². The van der Waals surface area contributed by atoms with E-state index in [1.807, 2.05) is 18.7 Å². The molecule has 1 saturated heterocycles. The molecule has 2 amide bonds. The average molecular weight is 300 g/mol. The van der Waals surface area contributed by atoms with Crippen molar-refractivity contribution < 1.29 is 14.7 Å². The van der Waals surface area contributed by atoms with Crippen molar-refractivity contribution in [3.8, 4) is 0 Å². The molecular formula is C14H24N2O3S. The van der Waals surface area contributed by atoms with Crippen molar-refractivity contribution in [3.05, 3.63) is 0 Å². The van der Waals surface area contributed by atoms with E-state index in [0.29, 0.717) is 11.8 Å². The van der Waals surface area contributed by atoms with E-state index in [1.165, 1.54) is 4.90 Å². The Balaban J connectivity index is 1.95. The third-order valence-electron chi connectivity index (χ3n) is 4.49. The van der Waals surface area contributed by atoms with Crippen LogP contribution in [0.4, 0.5) is 4.79 Å². The van der Waals surface area contributed by atoms with Gasteiger partial charge in [0.1, 0.15) is 6.04 Å². The molecule has 0 aromatic heterocycles. The highest BCUT2D eigenvalue weighted by Crippen LogP contribution is 2.29. The number of aliphatic carboxylic acids is 1. The predicted molar refractivity (Wildman–Crippen MR) is 80.0 cm³/mol. The summed E-state index contributed by atoms with van der Waals surface area (Å²) in [5.41, 5.74) is 0. The number of nitrogens with one attached hydrogen (secondary N) is 1. The van der Waals surface area contributed by atoms with E-state index < -0.39 is 12.0 Å². The number of hydrogen-bond donors (Lipinski definition) is 2. The van der Waals surface area contributed by atoms with Gasteiger partial charge >= 0.3 is 12.0 Å². The Bertz CT molecular complexity index is 377. The lowest BCUT2D eigenvalue weighted by atomic mass is 9.91. The number of nitrogens with zero attached hydrogens (tertiary/aromatic N) is 1. The van der Waals surface area contributed by atoms with Crippen LogP contribution in [0, 0.1) is 5.92 Å². The van der Waals surface area contributed by atoms with Crippen LogP contribution in [0.1, 0.15) is 39.0 Å². The lowest BCUT2D eigenvalue weighted by Crippen LogP contribution is -2.56. The molecule has 4 atom stereocenters. The zero-order valence-electron chi connectivity index (χ0n) is 12.2. The van der Waals surface area contributed by atoms with Crippen LogP contribution in [0.15, 0.2) is 0 Å². The highest BCUT2D eigenvalue weighted by atomic mass is 32.2. The number of hydrogen-bond acceptors (Lipinski definition) is 3. The summed E-state index contributed by atoms with van der Waals surface area (Å²) < 4.78 is 0. The maximum Gasteiger partial charge on any atom is 0.326 e. The summed E-state index contributed by atoms with van der Waals surface area (Å²) >= 11 is 1.85. The summed E-state index contributed by atoms with van der Waals surface area (Å²) in [6, 6.07) is -0.677. The van der Waals surface area contributed by atoms with Gasteiger partial charge in [0.05, 0.1) is 0 Å². The van der Waals surface area contributed by atoms with Gasteiger partial charge in [0.15, 0.2) is 0 Å². The largest absolute Gasteiger partial charge is 0.480 e. The first-order valence-electron chi connectivity index (χ1n) is 7.35. The van der Waals surface area contributed by atoms with Gasteiger partial charge < -0.3 is 15.3 Å². The van der Waals surface area contributed by atoms with Crippen LogP contribution in [0.3, 0.4) is 0 Å². The molecule has 20 heavy (non-hydrogen) atoms. The standard InChI is InChI=1S/C14H24N2O3S/c1-9-4-3-7-16(12(9)13(17)18)14(19)15-10-5-6-11(8-10)20-2/h9-12H,3-8H2,1-2H3,(H,15,19)(H,17,18). The Morgan fingerprint density at radius 1 is 1.30 bits per heavy atom. The molecule has 2 rings (SSSR count). The third-order valence-corrected chi connectivity index (χ3v) is 5.59. The Labute approximate surface area is 124 Å². The normalized spacial score (nSPS) is 34.0. The lowest BCUT2D eigenvalue weighted by Gasteiger charge is -2.37. The summed E-state index contributed by atoms with van der Waals surface area (Å²) in [4.78, 5) is 25.3. The number of amides is 2. The zero-order chi connectivity index (χ0) is 14.7. The molecule has 4 unspecified atom stereocenters. The first kappa shape index (κ1) is 15.5. The first-order chi connectivity index (χ1) is 9.52. The maximum atomic E-state index is 12.4. The number of urea groups is 1. The Kier molecular flexibility index (Phi) is 5.18. The number of thioether (sulfide) groups is 1. The highest BCUT2D eigenvalue weighted by Gasteiger charge is 2.38. The molecule has 5 nitrogen and oxygen atoms in total. The summed E-state index contributed by atoms with van der Waals surface area (Å²) in [5.74, 6) is -0.865. The van der Waals surface area contributed by atoms with E-state index in [2.05, 4.69) is 11.6 Å². The Morgan fingerprint density at radius 2 is 2.05 bits per heavy atom. The summed E-state index contributed by atoms with van der Waals surface area (Å²) in [5, 5.41) is 13.0. The van der Waals surface area contributed by atoms with E-state index in [0.717, 1.165) is 32.1 Å². The molecule has 1 aliphatic carbocycles. The quantitative estimate of drug-likeness (QED) is 0.838. The third kappa shape index (κ3) is 3.40. The minimum atomic E-state index is -0.888. The van der Waals surface area contributed by atoms with Crippen molar-refractivity contribution in [1.82, 2.24) is 10.2 Å². The fourth-order valence-corrected chi connectivity index (χ4v) is 4.13. The monoisotopic (exact) mass is 300 g/mol. The Morgan fingerprint density at radius 3 is 2.65 bits per heavy atom. The molecule has 1 aliphatic heterocycles. The van der Waals surface area contributed by atoms with E-state index in [9.17, 15) is 14.7 Å². The summed E-state index contributed by atoms with van der Waals surface area (Å²) in [6.45, 7) is 2.46. The van der Waals surface area contributed by atoms with Crippen LogP contribution in [-0.4, -0.2) is 52.1 Å². The van der Waals surface area contributed by atoms with Gasteiger partial charge in [-0.15, -0.1) is 0 Å². The zero-order valence-corrected chi connectivity index (χ0v) is 13.0. The Hall–Kier alpha value is -0.910. The van der Waals surface area contributed by atoms with E-state index >= 15 is 0 Å². The SMILES string of the molecule is CSC1CCC(NC(=O)N2CCCC(C)C2C(=O)O)C1. The molecule has 0 radical (unpaired) electrons. The molecule has 1 heterocycles. The second-order valence-corrected chi connectivity index (χ2v) is 7.05. The van der Waals surface area contributed by atoms with E-state index in [4.69, 9.17) is 0 Å². The number of carbonyl (C=O) groups excluding carboxylic acids is 1. The number of carboxylic acid groups (broad SMARTS) is 1. The van der Waals surface area contributed by atoms with Crippen molar-refractivity contribution in [2.75, 3.05) is 12.8 Å².